The lowest BCUT2D eigenvalue weighted by Crippen LogP contribution is -2.19. The SMILES string of the molecule is O=CONCCn1cc(I)c2c(Cl)ncnc21. The normalized spacial score (nSPS) is 10.7. The van der Waals surface area contributed by atoms with Gasteiger partial charge < -0.3 is 9.40 Å². The molecular formula is C9H8ClIN4O2. The topological polar surface area (TPSA) is 69.0 Å². The molecule has 2 aromatic heterocycles. The molecule has 1 N–H and O–H groups in total. The van der Waals surface area contributed by atoms with Crippen molar-refractivity contribution >= 4 is 51.7 Å². The minimum Gasteiger partial charge on any atom is -0.374 e. The summed E-state index contributed by atoms with van der Waals surface area (Å²) in [7, 11) is 0. The molecule has 0 unspecified atom stereocenters. The maximum atomic E-state index is 9.95. The summed E-state index contributed by atoms with van der Waals surface area (Å²) in [4.78, 5) is 22.5. The Hall–Kier alpha value is -0.930. The van der Waals surface area contributed by atoms with E-state index >= 15 is 0 Å². The Morgan fingerprint density at radius 2 is 2.41 bits per heavy atom. The van der Waals surface area contributed by atoms with Crippen molar-refractivity contribution in [3.05, 3.63) is 21.2 Å². The van der Waals surface area contributed by atoms with E-state index in [1.807, 2.05) is 10.8 Å². The first kappa shape index (κ1) is 12.5. The fourth-order valence-corrected chi connectivity index (χ4v) is 2.69. The molecule has 0 aliphatic rings. The lowest BCUT2D eigenvalue weighted by Gasteiger charge is -2.04. The van der Waals surface area contributed by atoms with Crippen LogP contribution in [-0.2, 0) is 16.2 Å². The minimum atomic E-state index is 0.344. The molecule has 0 aromatic carbocycles. The van der Waals surface area contributed by atoms with Crippen molar-refractivity contribution in [3.8, 4) is 0 Å². The number of nitrogens with zero attached hydrogens (tertiary/aromatic N) is 3. The number of halogens is 2. The quantitative estimate of drug-likeness (QED) is 0.285. The number of nitrogens with one attached hydrogen (secondary N) is 1. The van der Waals surface area contributed by atoms with Gasteiger partial charge in [0.05, 0.1) is 5.39 Å². The third-order valence-electron chi connectivity index (χ3n) is 2.15. The Labute approximate surface area is 115 Å². The van der Waals surface area contributed by atoms with Crippen molar-refractivity contribution in [2.24, 2.45) is 0 Å². The van der Waals surface area contributed by atoms with Crippen molar-refractivity contribution in [3.63, 3.8) is 0 Å². The molecule has 2 rings (SSSR count). The molecule has 17 heavy (non-hydrogen) atoms. The summed E-state index contributed by atoms with van der Waals surface area (Å²) in [5.41, 5.74) is 3.27. The largest absolute Gasteiger partial charge is 0.374 e. The van der Waals surface area contributed by atoms with Crippen LogP contribution in [0.5, 0.6) is 0 Å². The van der Waals surface area contributed by atoms with Gasteiger partial charge in [-0.05, 0) is 22.6 Å². The highest BCUT2D eigenvalue weighted by atomic mass is 127. The molecular weight excluding hydrogens is 358 g/mol. The van der Waals surface area contributed by atoms with Gasteiger partial charge in [-0.25, -0.2) is 9.97 Å². The molecule has 0 saturated carbocycles. The average Bonchev–Trinajstić information content (AvgIpc) is 2.63. The summed E-state index contributed by atoms with van der Waals surface area (Å²) < 4.78 is 2.91. The van der Waals surface area contributed by atoms with Gasteiger partial charge in [0, 0.05) is 22.9 Å². The van der Waals surface area contributed by atoms with Crippen LogP contribution in [-0.4, -0.2) is 27.6 Å². The molecule has 0 fully saturated rings. The van der Waals surface area contributed by atoms with Crippen molar-refractivity contribution in [2.75, 3.05) is 6.54 Å². The van der Waals surface area contributed by atoms with Crippen LogP contribution in [0, 0.1) is 3.57 Å². The minimum absolute atomic E-state index is 0.344. The zero-order valence-electron chi connectivity index (χ0n) is 8.56. The number of aromatic nitrogens is 3. The van der Waals surface area contributed by atoms with Crippen LogP contribution in [0.25, 0.3) is 11.0 Å². The molecule has 8 heteroatoms. The first-order chi connectivity index (χ1) is 8.24. The summed E-state index contributed by atoms with van der Waals surface area (Å²) in [5.74, 6) is 0. The van der Waals surface area contributed by atoms with E-state index in [1.165, 1.54) is 6.33 Å². The van der Waals surface area contributed by atoms with Crippen LogP contribution in [0.2, 0.25) is 5.15 Å². The molecule has 0 bridgehead atoms. The molecule has 0 aliphatic heterocycles. The van der Waals surface area contributed by atoms with E-state index < -0.39 is 0 Å². The number of carbonyl (C=O) groups is 1. The molecule has 90 valence electrons. The van der Waals surface area contributed by atoms with E-state index in [-0.39, 0.29) is 0 Å². The molecule has 0 amide bonds. The number of hydrogen-bond acceptors (Lipinski definition) is 5. The first-order valence-electron chi connectivity index (χ1n) is 4.71. The number of carbonyl (C=O) groups excluding carboxylic acids is 1. The molecule has 0 spiro atoms. The van der Waals surface area contributed by atoms with Crippen LogP contribution < -0.4 is 5.48 Å². The van der Waals surface area contributed by atoms with E-state index in [2.05, 4.69) is 42.9 Å². The number of rotatable bonds is 5. The predicted octanol–water partition coefficient (Wildman–Crippen LogP) is 1.37. The van der Waals surface area contributed by atoms with E-state index in [0.717, 1.165) is 14.6 Å². The van der Waals surface area contributed by atoms with Crippen LogP contribution in [0.1, 0.15) is 0 Å². The Morgan fingerprint density at radius 1 is 1.59 bits per heavy atom. The fourth-order valence-electron chi connectivity index (χ4n) is 1.47. The molecule has 6 nitrogen and oxygen atoms in total. The molecule has 2 aromatic rings. The lowest BCUT2D eigenvalue weighted by atomic mass is 10.4. The molecule has 0 atom stereocenters. The standard InChI is InChI=1S/C9H8ClIN4O2/c10-8-7-6(11)3-15(2-1-14-17-5-16)9(7)13-4-12-8/h3-5,14H,1-2H2. The third-order valence-corrected chi connectivity index (χ3v) is 3.25. The highest BCUT2D eigenvalue weighted by Crippen LogP contribution is 2.26. The van der Waals surface area contributed by atoms with E-state index in [4.69, 9.17) is 11.6 Å². The van der Waals surface area contributed by atoms with Crippen LogP contribution in [0.4, 0.5) is 0 Å². The van der Waals surface area contributed by atoms with Crippen molar-refractivity contribution < 1.29 is 9.63 Å². The van der Waals surface area contributed by atoms with Gasteiger partial charge >= 0.3 is 6.47 Å². The summed E-state index contributed by atoms with van der Waals surface area (Å²) in [6.07, 6.45) is 3.35. The third kappa shape index (κ3) is 2.67. The molecule has 2 heterocycles. The first-order valence-corrected chi connectivity index (χ1v) is 6.16. The van der Waals surface area contributed by atoms with Gasteiger partial charge in [0.1, 0.15) is 17.1 Å². The summed E-state index contributed by atoms with van der Waals surface area (Å²) >= 11 is 8.18. The zero-order chi connectivity index (χ0) is 12.3. The van der Waals surface area contributed by atoms with Crippen LogP contribution >= 0.6 is 34.2 Å². The predicted molar refractivity (Wildman–Crippen MR) is 70.4 cm³/mol. The number of fused-ring (bicyclic) bond motifs is 1. The fraction of sp³-hybridized carbons (Fsp3) is 0.222. The van der Waals surface area contributed by atoms with E-state index in [9.17, 15) is 4.79 Å². The Morgan fingerprint density at radius 3 is 3.18 bits per heavy atom. The summed E-state index contributed by atoms with van der Waals surface area (Å²) in [6, 6.07) is 0. The summed E-state index contributed by atoms with van der Waals surface area (Å²) in [5, 5.41) is 1.28. The van der Waals surface area contributed by atoms with Crippen molar-refractivity contribution in [1.29, 1.82) is 0 Å². The maximum Gasteiger partial charge on any atom is 0.312 e. The van der Waals surface area contributed by atoms with Crippen molar-refractivity contribution in [2.45, 2.75) is 6.54 Å². The van der Waals surface area contributed by atoms with Gasteiger partial charge in [-0.3, -0.25) is 4.79 Å². The zero-order valence-corrected chi connectivity index (χ0v) is 11.5. The van der Waals surface area contributed by atoms with Gasteiger partial charge in [-0.1, -0.05) is 11.6 Å². The highest BCUT2D eigenvalue weighted by Gasteiger charge is 2.11. The van der Waals surface area contributed by atoms with Crippen LogP contribution in [0.15, 0.2) is 12.5 Å². The number of hydroxylamine groups is 1. The van der Waals surface area contributed by atoms with Gasteiger partial charge in [0.2, 0.25) is 0 Å². The smallest absolute Gasteiger partial charge is 0.312 e. The highest BCUT2D eigenvalue weighted by molar-refractivity contribution is 14.1. The Bertz CT molecular complexity index is 545. The monoisotopic (exact) mass is 366 g/mol. The Balaban J connectivity index is 2.23. The molecule has 0 radical (unpaired) electrons. The number of hydrogen-bond donors (Lipinski definition) is 1. The second kappa shape index (κ2) is 5.61. The second-order valence-electron chi connectivity index (χ2n) is 3.14. The summed E-state index contributed by atoms with van der Waals surface area (Å²) in [6.45, 7) is 1.44. The van der Waals surface area contributed by atoms with Gasteiger partial charge in [0.25, 0.3) is 0 Å². The van der Waals surface area contributed by atoms with Crippen LogP contribution in [0.3, 0.4) is 0 Å². The molecule has 0 saturated heterocycles. The van der Waals surface area contributed by atoms with Gasteiger partial charge in [-0.2, -0.15) is 5.48 Å². The average molecular weight is 367 g/mol. The molecule has 0 aliphatic carbocycles. The maximum absolute atomic E-state index is 9.95. The lowest BCUT2D eigenvalue weighted by molar-refractivity contribution is -0.135. The van der Waals surface area contributed by atoms with E-state index in [1.54, 1.807) is 0 Å². The van der Waals surface area contributed by atoms with E-state index in [0.29, 0.717) is 24.7 Å². The van der Waals surface area contributed by atoms with Crippen molar-refractivity contribution in [1.82, 2.24) is 20.0 Å². The second-order valence-corrected chi connectivity index (χ2v) is 4.66. The van der Waals surface area contributed by atoms with Gasteiger partial charge in [-0.15, -0.1) is 0 Å². The Kier molecular flexibility index (Phi) is 4.13. The van der Waals surface area contributed by atoms with Gasteiger partial charge in [0.15, 0.2) is 0 Å².